The van der Waals surface area contributed by atoms with Crippen LogP contribution in [-0.4, -0.2) is 29.3 Å². The van der Waals surface area contributed by atoms with Gasteiger partial charge in [0.25, 0.3) is 0 Å². The Morgan fingerprint density at radius 2 is 2.22 bits per heavy atom. The number of Topliss-reactive ketones (excluding diaryl/α,β-unsaturated/α-hetero) is 1. The molecule has 0 amide bonds. The van der Waals surface area contributed by atoms with E-state index >= 15 is 0 Å². The minimum atomic E-state index is 0.111. The van der Waals surface area contributed by atoms with E-state index in [9.17, 15) is 4.79 Å². The third kappa shape index (κ3) is 3.48. The molecule has 0 unspecified atom stereocenters. The van der Waals surface area contributed by atoms with Gasteiger partial charge in [0, 0.05) is 22.0 Å². The van der Waals surface area contributed by atoms with Gasteiger partial charge in [-0.15, -0.1) is 11.3 Å². The van der Waals surface area contributed by atoms with Crippen molar-refractivity contribution in [2.75, 3.05) is 13.6 Å². The molecule has 0 aliphatic heterocycles. The van der Waals surface area contributed by atoms with Crippen molar-refractivity contribution in [1.82, 2.24) is 9.88 Å². The predicted molar refractivity (Wildman–Crippen MR) is 76.9 cm³/mol. The van der Waals surface area contributed by atoms with E-state index in [4.69, 9.17) is 0 Å². The molecule has 0 saturated carbocycles. The van der Waals surface area contributed by atoms with E-state index in [1.54, 1.807) is 16.8 Å². The van der Waals surface area contributed by atoms with Crippen molar-refractivity contribution in [2.45, 2.75) is 6.54 Å². The summed E-state index contributed by atoms with van der Waals surface area (Å²) < 4.78 is 0.844. The molecule has 0 N–H and O–H groups in total. The molecule has 94 valence electrons. The second-order valence-electron chi connectivity index (χ2n) is 4.06. The lowest BCUT2D eigenvalue weighted by Gasteiger charge is -2.14. The fourth-order valence-electron chi connectivity index (χ4n) is 1.67. The first-order chi connectivity index (χ1) is 8.66. The number of nitrogens with zero attached hydrogens (tertiary/aromatic N) is 2. The Morgan fingerprint density at radius 3 is 2.89 bits per heavy atom. The normalized spacial score (nSPS) is 10.8. The molecule has 0 spiro atoms. The summed E-state index contributed by atoms with van der Waals surface area (Å²) in [6.45, 7) is 1.08. The number of halogens is 1. The third-order valence-electron chi connectivity index (χ3n) is 2.50. The number of aromatic nitrogens is 1. The lowest BCUT2D eigenvalue weighted by Crippen LogP contribution is -2.25. The van der Waals surface area contributed by atoms with Gasteiger partial charge in [-0.05, 0) is 13.1 Å². The molecule has 2 aromatic rings. The summed E-state index contributed by atoms with van der Waals surface area (Å²) in [7, 11) is 1.92. The van der Waals surface area contributed by atoms with Gasteiger partial charge >= 0.3 is 0 Å². The largest absolute Gasteiger partial charge is 0.293 e. The minimum Gasteiger partial charge on any atom is -0.293 e. The van der Waals surface area contributed by atoms with Crippen LogP contribution in [0.5, 0.6) is 0 Å². The lowest BCUT2D eigenvalue weighted by atomic mass is 10.1. The highest BCUT2D eigenvalue weighted by atomic mass is 79.9. The maximum Gasteiger partial charge on any atom is 0.177 e. The van der Waals surface area contributed by atoms with Crippen molar-refractivity contribution >= 4 is 33.0 Å². The number of ketones is 1. The molecule has 1 aromatic carbocycles. The second-order valence-corrected chi connectivity index (χ2v) is 5.63. The van der Waals surface area contributed by atoms with Crippen LogP contribution in [0, 0.1) is 0 Å². The topological polar surface area (TPSA) is 33.2 Å². The summed E-state index contributed by atoms with van der Waals surface area (Å²) in [5.41, 5.74) is 3.53. The highest BCUT2D eigenvalue weighted by molar-refractivity contribution is 9.10. The van der Waals surface area contributed by atoms with Crippen LogP contribution in [0.2, 0.25) is 0 Å². The van der Waals surface area contributed by atoms with Crippen LogP contribution in [0.1, 0.15) is 16.1 Å². The Morgan fingerprint density at radius 1 is 1.44 bits per heavy atom. The summed E-state index contributed by atoms with van der Waals surface area (Å²) in [6, 6.07) is 7.50. The first kappa shape index (κ1) is 13.4. The second kappa shape index (κ2) is 6.22. The lowest BCUT2D eigenvalue weighted by molar-refractivity contribution is 0.0942. The van der Waals surface area contributed by atoms with Gasteiger partial charge in [0.1, 0.15) is 0 Å². The average molecular weight is 325 g/mol. The van der Waals surface area contributed by atoms with E-state index in [0.29, 0.717) is 13.1 Å². The molecule has 0 fully saturated rings. The number of hydrogen-bond donors (Lipinski definition) is 0. The molecule has 0 atom stereocenters. The molecular formula is C13H13BrN2OS. The number of rotatable bonds is 5. The number of benzene rings is 1. The molecule has 0 radical (unpaired) electrons. The van der Waals surface area contributed by atoms with E-state index < -0.39 is 0 Å². The quantitative estimate of drug-likeness (QED) is 0.792. The maximum absolute atomic E-state index is 12.1. The summed E-state index contributed by atoms with van der Waals surface area (Å²) >= 11 is 4.97. The molecular weight excluding hydrogens is 312 g/mol. The zero-order valence-corrected chi connectivity index (χ0v) is 12.4. The van der Waals surface area contributed by atoms with Crippen LogP contribution >= 0.6 is 27.3 Å². The number of likely N-dealkylation sites (N-methyl/N-ethyl adjacent to an activating group) is 1. The van der Waals surface area contributed by atoms with Crippen molar-refractivity contribution in [3.05, 3.63) is 50.9 Å². The summed E-state index contributed by atoms with van der Waals surface area (Å²) in [6.07, 6.45) is 0. The van der Waals surface area contributed by atoms with Gasteiger partial charge in [0.2, 0.25) is 0 Å². The van der Waals surface area contributed by atoms with Gasteiger partial charge in [-0.1, -0.05) is 34.1 Å². The van der Waals surface area contributed by atoms with Gasteiger partial charge in [-0.3, -0.25) is 9.69 Å². The van der Waals surface area contributed by atoms with Crippen LogP contribution in [-0.2, 0) is 6.54 Å². The van der Waals surface area contributed by atoms with E-state index in [2.05, 4.69) is 20.9 Å². The van der Waals surface area contributed by atoms with Crippen molar-refractivity contribution in [3.63, 3.8) is 0 Å². The Labute approximate surface area is 119 Å². The Kier molecular flexibility index (Phi) is 4.63. The summed E-state index contributed by atoms with van der Waals surface area (Å²) in [4.78, 5) is 18.3. The molecule has 2 rings (SSSR count). The van der Waals surface area contributed by atoms with E-state index in [0.717, 1.165) is 15.7 Å². The van der Waals surface area contributed by atoms with Crippen molar-refractivity contribution in [3.8, 4) is 0 Å². The Balaban J connectivity index is 1.97. The van der Waals surface area contributed by atoms with Crippen LogP contribution < -0.4 is 0 Å². The van der Waals surface area contributed by atoms with E-state index in [1.807, 2.05) is 41.6 Å². The fourth-order valence-corrected chi connectivity index (χ4v) is 2.72. The molecule has 18 heavy (non-hydrogen) atoms. The summed E-state index contributed by atoms with van der Waals surface area (Å²) in [5, 5.41) is 2.00. The molecule has 0 aliphatic carbocycles. The van der Waals surface area contributed by atoms with Crippen molar-refractivity contribution in [2.24, 2.45) is 0 Å². The Bertz CT molecular complexity index is 528. The van der Waals surface area contributed by atoms with Gasteiger partial charge in [-0.2, -0.15) is 0 Å². The standard InChI is InChI=1S/C13H13BrN2OS/c1-16(6-10-8-18-9-15-10)7-13(17)11-4-2-3-5-12(11)14/h2-5,8-9H,6-7H2,1H3. The zero-order chi connectivity index (χ0) is 13.0. The highest BCUT2D eigenvalue weighted by Crippen LogP contribution is 2.16. The van der Waals surface area contributed by atoms with E-state index in [1.165, 1.54) is 0 Å². The number of carbonyl (C=O) groups is 1. The van der Waals surface area contributed by atoms with Crippen LogP contribution in [0.25, 0.3) is 0 Å². The van der Waals surface area contributed by atoms with Crippen molar-refractivity contribution < 1.29 is 4.79 Å². The monoisotopic (exact) mass is 324 g/mol. The minimum absolute atomic E-state index is 0.111. The number of hydrogen-bond acceptors (Lipinski definition) is 4. The van der Waals surface area contributed by atoms with Gasteiger partial charge in [0.05, 0.1) is 17.7 Å². The van der Waals surface area contributed by atoms with Crippen molar-refractivity contribution in [1.29, 1.82) is 0 Å². The highest BCUT2D eigenvalue weighted by Gasteiger charge is 2.12. The number of thiazole rings is 1. The van der Waals surface area contributed by atoms with Gasteiger partial charge in [0.15, 0.2) is 5.78 Å². The summed E-state index contributed by atoms with van der Waals surface area (Å²) in [5.74, 6) is 0.111. The van der Waals surface area contributed by atoms with Gasteiger partial charge < -0.3 is 0 Å². The molecule has 1 heterocycles. The predicted octanol–water partition coefficient (Wildman–Crippen LogP) is 3.22. The first-order valence-electron chi connectivity index (χ1n) is 5.50. The SMILES string of the molecule is CN(CC(=O)c1ccccc1Br)Cc1cscn1. The smallest absolute Gasteiger partial charge is 0.177 e. The maximum atomic E-state index is 12.1. The van der Waals surface area contributed by atoms with Crippen LogP contribution in [0.4, 0.5) is 0 Å². The van der Waals surface area contributed by atoms with Crippen LogP contribution in [0.15, 0.2) is 39.6 Å². The molecule has 0 saturated heterocycles. The first-order valence-corrected chi connectivity index (χ1v) is 7.23. The molecule has 3 nitrogen and oxygen atoms in total. The van der Waals surface area contributed by atoms with Crippen LogP contribution in [0.3, 0.4) is 0 Å². The molecule has 1 aromatic heterocycles. The van der Waals surface area contributed by atoms with Gasteiger partial charge in [-0.25, -0.2) is 4.98 Å². The molecule has 0 aliphatic rings. The fraction of sp³-hybridized carbons (Fsp3) is 0.231. The Hall–Kier alpha value is -1.04. The number of carbonyl (C=O) groups excluding carboxylic acids is 1. The third-order valence-corrected chi connectivity index (χ3v) is 3.83. The zero-order valence-electron chi connectivity index (χ0n) is 9.97. The van der Waals surface area contributed by atoms with E-state index in [-0.39, 0.29) is 5.78 Å². The molecule has 0 bridgehead atoms. The molecule has 5 heteroatoms. The average Bonchev–Trinajstić information content (AvgIpc) is 2.82.